The Balaban J connectivity index is 1.33. The van der Waals surface area contributed by atoms with Crippen molar-refractivity contribution >= 4 is 16.9 Å². The van der Waals surface area contributed by atoms with Crippen LogP contribution in [-0.4, -0.2) is 63.8 Å². The smallest absolute Gasteiger partial charge is 0.253 e. The molecule has 1 N–H and O–H groups in total. The first-order valence-electron chi connectivity index (χ1n) is 10.0. The summed E-state index contributed by atoms with van der Waals surface area (Å²) in [6.45, 7) is 3.15. The van der Waals surface area contributed by atoms with Crippen molar-refractivity contribution in [1.29, 1.82) is 0 Å². The highest BCUT2D eigenvalue weighted by atomic mass is 16.2. The number of likely N-dealkylation sites (tertiary alicyclic amines) is 1. The molecule has 1 saturated heterocycles. The lowest BCUT2D eigenvalue weighted by Gasteiger charge is -2.37. The van der Waals surface area contributed by atoms with Gasteiger partial charge in [-0.05, 0) is 62.5 Å². The summed E-state index contributed by atoms with van der Waals surface area (Å²) in [5, 5.41) is 10.7. The standard InChI is InChI=1S/C22H27N5O/c1-26(22(28)18-11-12-20-21(15-18)24-25-23-20)19-10-6-14-27(16-19)13-5-9-17-7-3-2-4-8-17/h2-4,7-8,11-12,15,19H,5-6,9-10,13-14,16H2,1H3,(H,23,24,25)/t19-/m0/s1. The van der Waals surface area contributed by atoms with Gasteiger partial charge in [-0.2, -0.15) is 15.4 Å². The van der Waals surface area contributed by atoms with E-state index in [4.69, 9.17) is 0 Å². The first-order valence-corrected chi connectivity index (χ1v) is 10.0. The number of H-pyrrole nitrogens is 1. The van der Waals surface area contributed by atoms with Gasteiger partial charge in [0.1, 0.15) is 11.0 Å². The molecule has 0 bridgehead atoms. The summed E-state index contributed by atoms with van der Waals surface area (Å²) in [5.74, 6) is 0.0565. The van der Waals surface area contributed by atoms with Gasteiger partial charge in [0.15, 0.2) is 0 Å². The number of carbonyl (C=O) groups excluding carboxylic acids is 1. The van der Waals surface area contributed by atoms with E-state index in [0.29, 0.717) is 5.56 Å². The number of amides is 1. The third-order valence-corrected chi connectivity index (χ3v) is 5.69. The zero-order valence-electron chi connectivity index (χ0n) is 16.3. The zero-order valence-corrected chi connectivity index (χ0v) is 16.3. The molecule has 4 rings (SSSR count). The number of fused-ring (bicyclic) bond motifs is 1. The number of likely N-dealkylation sites (N-methyl/N-ethyl adjacent to an activating group) is 1. The van der Waals surface area contributed by atoms with Crippen molar-refractivity contribution in [2.75, 3.05) is 26.7 Å². The molecule has 0 saturated carbocycles. The molecular weight excluding hydrogens is 350 g/mol. The summed E-state index contributed by atoms with van der Waals surface area (Å²) in [6.07, 6.45) is 4.45. The fraction of sp³-hybridized carbons (Fsp3) is 0.409. The number of aromatic amines is 1. The van der Waals surface area contributed by atoms with Crippen molar-refractivity contribution in [2.45, 2.75) is 31.7 Å². The van der Waals surface area contributed by atoms with E-state index in [0.717, 1.165) is 56.4 Å². The molecule has 146 valence electrons. The van der Waals surface area contributed by atoms with E-state index >= 15 is 0 Å². The van der Waals surface area contributed by atoms with Crippen LogP contribution in [0.15, 0.2) is 48.5 Å². The van der Waals surface area contributed by atoms with Gasteiger partial charge in [0.05, 0.1) is 0 Å². The Bertz CT molecular complexity index is 923. The molecule has 28 heavy (non-hydrogen) atoms. The molecule has 1 aliphatic heterocycles. The zero-order chi connectivity index (χ0) is 19.3. The Hall–Kier alpha value is -2.73. The van der Waals surface area contributed by atoms with Crippen LogP contribution in [-0.2, 0) is 6.42 Å². The molecular formula is C22H27N5O. The van der Waals surface area contributed by atoms with Crippen LogP contribution in [0.4, 0.5) is 0 Å². The van der Waals surface area contributed by atoms with Crippen LogP contribution >= 0.6 is 0 Å². The molecule has 1 aromatic heterocycles. The summed E-state index contributed by atoms with van der Waals surface area (Å²) >= 11 is 0. The van der Waals surface area contributed by atoms with Gasteiger partial charge < -0.3 is 9.80 Å². The van der Waals surface area contributed by atoms with Gasteiger partial charge >= 0.3 is 0 Å². The van der Waals surface area contributed by atoms with Crippen LogP contribution < -0.4 is 0 Å². The Morgan fingerprint density at radius 3 is 2.86 bits per heavy atom. The molecule has 0 unspecified atom stereocenters. The van der Waals surface area contributed by atoms with Gasteiger partial charge in [0, 0.05) is 25.2 Å². The number of hydrogen-bond acceptors (Lipinski definition) is 4. The van der Waals surface area contributed by atoms with Crippen LogP contribution in [0.5, 0.6) is 0 Å². The molecule has 1 aliphatic rings. The highest BCUT2D eigenvalue weighted by Crippen LogP contribution is 2.19. The van der Waals surface area contributed by atoms with Crippen molar-refractivity contribution in [3.05, 3.63) is 59.7 Å². The second-order valence-corrected chi connectivity index (χ2v) is 7.63. The van der Waals surface area contributed by atoms with Crippen LogP contribution in [0.25, 0.3) is 11.0 Å². The van der Waals surface area contributed by atoms with Gasteiger partial charge in [0.25, 0.3) is 5.91 Å². The number of nitrogens with one attached hydrogen (secondary N) is 1. The summed E-state index contributed by atoms with van der Waals surface area (Å²) in [4.78, 5) is 17.4. The molecule has 1 amide bonds. The third kappa shape index (κ3) is 4.22. The molecule has 0 aliphatic carbocycles. The highest BCUT2D eigenvalue weighted by molar-refractivity contribution is 5.97. The monoisotopic (exact) mass is 377 g/mol. The van der Waals surface area contributed by atoms with E-state index in [9.17, 15) is 4.79 Å². The molecule has 3 aromatic rings. The van der Waals surface area contributed by atoms with Crippen molar-refractivity contribution in [1.82, 2.24) is 25.2 Å². The second-order valence-electron chi connectivity index (χ2n) is 7.63. The van der Waals surface area contributed by atoms with E-state index in [1.165, 1.54) is 5.56 Å². The Morgan fingerprint density at radius 1 is 1.18 bits per heavy atom. The molecule has 6 heteroatoms. The van der Waals surface area contributed by atoms with Crippen molar-refractivity contribution in [2.24, 2.45) is 0 Å². The van der Waals surface area contributed by atoms with Crippen LogP contribution in [0.1, 0.15) is 35.2 Å². The normalized spacial score (nSPS) is 17.7. The number of nitrogens with zero attached hydrogens (tertiary/aromatic N) is 4. The molecule has 0 radical (unpaired) electrons. The number of piperidine rings is 1. The Morgan fingerprint density at radius 2 is 2.00 bits per heavy atom. The van der Waals surface area contributed by atoms with E-state index in [-0.39, 0.29) is 11.9 Å². The molecule has 1 atom stereocenters. The summed E-state index contributed by atoms with van der Waals surface area (Å²) in [5.41, 5.74) is 3.57. The first kappa shape index (κ1) is 18.6. The number of rotatable bonds is 6. The first-order chi connectivity index (χ1) is 13.7. The Kier molecular flexibility index (Phi) is 5.67. The quantitative estimate of drug-likeness (QED) is 0.717. The number of benzene rings is 2. The predicted octanol–water partition coefficient (Wildman–Crippen LogP) is 3.13. The van der Waals surface area contributed by atoms with E-state index in [1.54, 1.807) is 0 Å². The average molecular weight is 377 g/mol. The number of aryl methyl sites for hydroxylation is 1. The van der Waals surface area contributed by atoms with Gasteiger partial charge in [-0.1, -0.05) is 30.3 Å². The van der Waals surface area contributed by atoms with Crippen LogP contribution in [0, 0.1) is 0 Å². The van der Waals surface area contributed by atoms with E-state index in [2.05, 4.69) is 50.6 Å². The maximum atomic E-state index is 13.0. The van der Waals surface area contributed by atoms with Gasteiger partial charge in [-0.15, -0.1) is 0 Å². The van der Waals surface area contributed by atoms with E-state index in [1.807, 2.05) is 30.1 Å². The average Bonchev–Trinajstić information content (AvgIpc) is 3.21. The minimum absolute atomic E-state index is 0.0565. The third-order valence-electron chi connectivity index (χ3n) is 5.69. The number of aromatic nitrogens is 3. The SMILES string of the molecule is CN(C(=O)c1ccc2n[nH]nc2c1)[C@H]1CCCN(CCCc2ccccc2)C1. The number of hydrogen-bond donors (Lipinski definition) is 1. The Labute approximate surface area is 165 Å². The van der Waals surface area contributed by atoms with Crippen LogP contribution in [0.3, 0.4) is 0 Å². The topological polar surface area (TPSA) is 65.1 Å². The second kappa shape index (κ2) is 8.52. The largest absolute Gasteiger partial charge is 0.337 e. The minimum Gasteiger partial charge on any atom is -0.337 e. The summed E-state index contributed by atoms with van der Waals surface area (Å²) in [6, 6.07) is 16.4. The van der Waals surface area contributed by atoms with Crippen molar-refractivity contribution in [3.8, 4) is 0 Å². The molecule has 2 heterocycles. The summed E-state index contributed by atoms with van der Waals surface area (Å²) < 4.78 is 0. The maximum absolute atomic E-state index is 13.0. The highest BCUT2D eigenvalue weighted by Gasteiger charge is 2.26. The van der Waals surface area contributed by atoms with E-state index < -0.39 is 0 Å². The summed E-state index contributed by atoms with van der Waals surface area (Å²) in [7, 11) is 1.92. The number of carbonyl (C=O) groups is 1. The van der Waals surface area contributed by atoms with Crippen molar-refractivity contribution in [3.63, 3.8) is 0 Å². The fourth-order valence-electron chi connectivity index (χ4n) is 4.04. The van der Waals surface area contributed by atoms with Gasteiger partial charge in [-0.25, -0.2) is 0 Å². The molecule has 1 fully saturated rings. The maximum Gasteiger partial charge on any atom is 0.253 e. The lowest BCUT2D eigenvalue weighted by Crippen LogP contribution is -2.48. The lowest BCUT2D eigenvalue weighted by atomic mass is 10.0. The van der Waals surface area contributed by atoms with Crippen LogP contribution in [0.2, 0.25) is 0 Å². The van der Waals surface area contributed by atoms with Gasteiger partial charge in [0.2, 0.25) is 0 Å². The van der Waals surface area contributed by atoms with Gasteiger partial charge in [-0.3, -0.25) is 4.79 Å². The fourth-order valence-corrected chi connectivity index (χ4v) is 4.04. The minimum atomic E-state index is 0.0565. The predicted molar refractivity (Wildman–Crippen MR) is 110 cm³/mol. The molecule has 2 aromatic carbocycles. The van der Waals surface area contributed by atoms with Crippen molar-refractivity contribution < 1.29 is 4.79 Å². The molecule has 0 spiro atoms. The molecule has 6 nitrogen and oxygen atoms in total. The lowest BCUT2D eigenvalue weighted by molar-refractivity contribution is 0.0617.